The Morgan fingerprint density at radius 3 is 2.68 bits per heavy atom. The lowest BCUT2D eigenvalue weighted by Gasteiger charge is -2.26. The molecule has 1 fully saturated rings. The van der Waals surface area contributed by atoms with Crippen molar-refractivity contribution in [3.8, 4) is 11.4 Å². The van der Waals surface area contributed by atoms with E-state index in [0.717, 1.165) is 35.4 Å². The Kier molecular flexibility index (Phi) is 5.48. The maximum atomic E-state index is 4.33. The summed E-state index contributed by atoms with van der Waals surface area (Å²) in [6, 6.07) is 10.2. The minimum atomic E-state index is 0.935. The summed E-state index contributed by atoms with van der Waals surface area (Å²) in [6.45, 7) is 5.77. The van der Waals surface area contributed by atoms with E-state index in [1.807, 2.05) is 25.2 Å². The number of rotatable bonds is 6. The molecule has 3 rings (SSSR count). The van der Waals surface area contributed by atoms with Crippen molar-refractivity contribution in [1.82, 2.24) is 25.0 Å². The highest BCUT2D eigenvalue weighted by Crippen LogP contribution is 2.22. The zero-order chi connectivity index (χ0) is 15.2. The van der Waals surface area contributed by atoms with E-state index in [9.17, 15) is 0 Å². The Balaban J connectivity index is 1.50. The van der Waals surface area contributed by atoms with Crippen molar-refractivity contribution in [2.24, 2.45) is 7.05 Å². The monoisotopic (exact) mass is 317 g/mol. The summed E-state index contributed by atoms with van der Waals surface area (Å²) in [7, 11) is 2.04. The van der Waals surface area contributed by atoms with Crippen molar-refractivity contribution in [2.75, 3.05) is 38.5 Å². The van der Waals surface area contributed by atoms with E-state index in [2.05, 4.69) is 37.1 Å². The Morgan fingerprint density at radius 2 is 1.91 bits per heavy atom. The van der Waals surface area contributed by atoms with E-state index in [1.54, 1.807) is 11.8 Å². The predicted molar refractivity (Wildman–Crippen MR) is 91.1 cm³/mol. The molecule has 5 nitrogen and oxygen atoms in total. The second kappa shape index (κ2) is 7.76. The van der Waals surface area contributed by atoms with Crippen LogP contribution >= 0.6 is 11.8 Å². The van der Waals surface area contributed by atoms with Gasteiger partial charge >= 0.3 is 0 Å². The first-order chi connectivity index (χ1) is 10.8. The fourth-order valence-electron chi connectivity index (χ4n) is 2.67. The quantitative estimate of drug-likeness (QED) is 0.651. The zero-order valence-electron chi connectivity index (χ0n) is 13.0. The third kappa shape index (κ3) is 3.88. The summed E-state index contributed by atoms with van der Waals surface area (Å²) in [5.74, 6) is 2.02. The molecule has 6 heteroatoms. The zero-order valence-corrected chi connectivity index (χ0v) is 13.9. The van der Waals surface area contributed by atoms with Crippen LogP contribution in [0, 0.1) is 0 Å². The second-order valence-corrected chi connectivity index (χ2v) is 6.59. The van der Waals surface area contributed by atoms with Gasteiger partial charge in [0.05, 0.1) is 0 Å². The molecule has 0 radical (unpaired) electrons. The summed E-state index contributed by atoms with van der Waals surface area (Å²) in [4.78, 5) is 2.53. The van der Waals surface area contributed by atoms with Crippen LogP contribution in [0.1, 0.15) is 6.42 Å². The van der Waals surface area contributed by atoms with E-state index in [-0.39, 0.29) is 0 Å². The molecule has 22 heavy (non-hydrogen) atoms. The van der Waals surface area contributed by atoms with Crippen LogP contribution in [-0.4, -0.2) is 58.1 Å². The minimum Gasteiger partial charge on any atom is -0.314 e. The fourth-order valence-corrected chi connectivity index (χ4v) is 3.50. The molecular weight excluding hydrogens is 294 g/mol. The Bertz CT molecular complexity index is 577. The molecule has 1 aliphatic heterocycles. The van der Waals surface area contributed by atoms with E-state index in [0.29, 0.717) is 0 Å². The third-order valence-corrected chi connectivity index (χ3v) is 5.03. The normalized spacial score (nSPS) is 16.0. The van der Waals surface area contributed by atoms with Crippen molar-refractivity contribution in [1.29, 1.82) is 0 Å². The Labute approximate surface area is 136 Å². The maximum absolute atomic E-state index is 4.33. The third-order valence-electron chi connectivity index (χ3n) is 3.93. The van der Waals surface area contributed by atoms with Gasteiger partial charge in [0.25, 0.3) is 0 Å². The van der Waals surface area contributed by atoms with Crippen LogP contribution < -0.4 is 5.32 Å². The van der Waals surface area contributed by atoms with Crippen LogP contribution in [0.5, 0.6) is 0 Å². The van der Waals surface area contributed by atoms with E-state index in [1.165, 1.54) is 26.1 Å². The highest BCUT2D eigenvalue weighted by atomic mass is 32.2. The molecule has 2 heterocycles. The van der Waals surface area contributed by atoms with Crippen LogP contribution in [0.4, 0.5) is 0 Å². The second-order valence-electron chi connectivity index (χ2n) is 5.52. The summed E-state index contributed by atoms with van der Waals surface area (Å²) in [5, 5.41) is 13.0. The Morgan fingerprint density at radius 1 is 1.14 bits per heavy atom. The number of hydrogen-bond donors (Lipinski definition) is 1. The van der Waals surface area contributed by atoms with E-state index in [4.69, 9.17) is 0 Å². The number of nitrogens with zero attached hydrogens (tertiary/aromatic N) is 4. The van der Waals surface area contributed by atoms with Gasteiger partial charge in [0.1, 0.15) is 0 Å². The highest BCUT2D eigenvalue weighted by molar-refractivity contribution is 7.99. The first-order valence-corrected chi connectivity index (χ1v) is 8.84. The van der Waals surface area contributed by atoms with E-state index >= 15 is 0 Å². The van der Waals surface area contributed by atoms with Gasteiger partial charge in [-0.2, -0.15) is 0 Å². The number of benzene rings is 1. The number of piperazine rings is 1. The molecule has 118 valence electrons. The summed E-state index contributed by atoms with van der Waals surface area (Å²) in [6.07, 6.45) is 1.19. The van der Waals surface area contributed by atoms with Crippen LogP contribution in [0.3, 0.4) is 0 Å². The molecule has 1 saturated heterocycles. The van der Waals surface area contributed by atoms with Gasteiger partial charge < -0.3 is 14.8 Å². The first kappa shape index (κ1) is 15.5. The SMILES string of the molecule is Cn1c(SCCCN2CCNCC2)nnc1-c1ccccc1. The van der Waals surface area contributed by atoms with Gasteiger partial charge in [-0.3, -0.25) is 0 Å². The van der Waals surface area contributed by atoms with Crippen LogP contribution in [0.2, 0.25) is 0 Å². The van der Waals surface area contributed by atoms with Crippen molar-refractivity contribution < 1.29 is 0 Å². The lowest BCUT2D eigenvalue weighted by molar-refractivity contribution is 0.242. The molecule has 1 aromatic carbocycles. The number of aromatic nitrogens is 3. The molecule has 1 N–H and O–H groups in total. The lowest BCUT2D eigenvalue weighted by Crippen LogP contribution is -2.43. The van der Waals surface area contributed by atoms with E-state index < -0.39 is 0 Å². The highest BCUT2D eigenvalue weighted by Gasteiger charge is 2.12. The topological polar surface area (TPSA) is 46.0 Å². The largest absolute Gasteiger partial charge is 0.314 e. The van der Waals surface area contributed by atoms with Crippen LogP contribution in [-0.2, 0) is 7.05 Å². The van der Waals surface area contributed by atoms with Gasteiger partial charge in [0.15, 0.2) is 11.0 Å². The summed E-state index contributed by atoms with van der Waals surface area (Å²) in [5.41, 5.74) is 1.12. The molecule has 0 spiro atoms. The van der Waals surface area contributed by atoms with Crippen molar-refractivity contribution >= 4 is 11.8 Å². The molecule has 0 bridgehead atoms. The van der Waals surface area contributed by atoms with Gasteiger partial charge in [0.2, 0.25) is 0 Å². The van der Waals surface area contributed by atoms with Gasteiger partial charge in [-0.25, -0.2) is 0 Å². The molecule has 2 aromatic rings. The Hall–Kier alpha value is -1.37. The smallest absolute Gasteiger partial charge is 0.191 e. The summed E-state index contributed by atoms with van der Waals surface area (Å²) >= 11 is 1.80. The van der Waals surface area contributed by atoms with Gasteiger partial charge in [-0.1, -0.05) is 42.1 Å². The maximum Gasteiger partial charge on any atom is 0.191 e. The molecule has 0 saturated carbocycles. The summed E-state index contributed by atoms with van der Waals surface area (Å²) < 4.78 is 2.09. The standard InChI is InChI=1S/C16H23N5S/c1-20-15(14-6-3-2-4-7-14)18-19-16(20)22-13-5-10-21-11-8-17-9-12-21/h2-4,6-7,17H,5,8-13H2,1H3. The number of nitrogens with one attached hydrogen (secondary N) is 1. The molecule has 0 amide bonds. The fraction of sp³-hybridized carbons (Fsp3) is 0.500. The molecule has 0 unspecified atom stereocenters. The first-order valence-electron chi connectivity index (χ1n) is 7.85. The van der Waals surface area contributed by atoms with Crippen molar-refractivity contribution in [3.63, 3.8) is 0 Å². The van der Waals surface area contributed by atoms with Gasteiger partial charge in [-0.15, -0.1) is 10.2 Å². The molecule has 0 aliphatic carbocycles. The van der Waals surface area contributed by atoms with Crippen LogP contribution in [0.15, 0.2) is 35.5 Å². The van der Waals surface area contributed by atoms with Gasteiger partial charge in [0, 0.05) is 44.5 Å². The van der Waals surface area contributed by atoms with Gasteiger partial charge in [-0.05, 0) is 13.0 Å². The molecule has 0 atom stereocenters. The molecule has 1 aliphatic rings. The minimum absolute atomic E-state index is 0.935. The molecule has 1 aromatic heterocycles. The average Bonchev–Trinajstić information content (AvgIpc) is 2.94. The number of thioether (sulfide) groups is 1. The predicted octanol–water partition coefficient (Wildman–Crippen LogP) is 1.87. The van der Waals surface area contributed by atoms with Crippen LogP contribution in [0.25, 0.3) is 11.4 Å². The molecular formula is C16H23N5S. The van der Waals surface area contributed by atoms with Crippen molar-refractivity contribution in [3.05, 3.63) is 30.3 Å². The van der Waals surface area contributed by atoms with Crippen molar-refractivity contribution in [2.45, 2.75) is 11.6 Å². The number of hydrogen-bond acceptors (Lipinski definition) is 5. The average molecular weight is 317 g/mol. The lowest BCUT2D eigenvalue weighted by atomic mass is 10.2.